The molecule has 2 aromatic rings. The van der Waals surface area contributed by atoms with E-state index in [-0.39, 0.29) is 12.3 Å². The quantitative estimate of drug-likeness (QED) is 0.537. The first-order valence-corrected chi connectivity index (χ1v) is 9.17. The van der Waals surface area contributed by atoms with Crippen LogP contribution in [0.25, 0.3) is 0 Å². The van der Waals surface area contributed by atoms with Crippen LogP contribution in [-0.4, -0.2) is 25.6 Å². The number of carbonyl (C=O) groups is 1. The zero-order chi connectivity index (χ0) is 18.9. The van der Waals surface area contributed by atoms with Crippen LogP contribution in [0.5, 0.6) is 5.75 Å². The highest BCUT2D eigenvalue weighted by Crippen LogP contribution is 2.27. The molecule has 0 aromatic heterocycles. The number of carbonyl (C=O) groups excluding carboxylic acids is 1. The van der Waals surface area contributed by atoms with Crippen LogP contribution in [0.1, 0.15) is 17.5 Å². The molecule has 140 valence electrons. The Balaban J connectivity index is 1.96. The summed E-state index contributed by atoms with van der Waals surface area (Å²) in [7, 11) is 0. The minimum atomic E-state index is -0.369. The lowest BCUT2D eigenvalue weighted by atomic mass is 10.1. The summed E-state index contributed by atoms with van der Waals surface area (Å²) in [6, 6.07) is 11.2. The third-order valence-electron chi connectivity index (χ3n) is 3.74. The molecule has 0 bridgehead atoms. The third-order valence-corrected chi connectivity index (χ3v) is 4.48. The maximum atomic E-state index is 11.1. The number of nitrogens with one attached hydrogen (secondary N) is 1. The van der Waals surface area contributed by atoms with Gasteiger partial charge >= 0.3 is 0 Å². The van der Waals surface area contributed by atoms with E-state index in [2.05, 4.69) is 5.32 Å². The lowest BCUT2D eigenvalue weighted by molar-refractivity contribution is -0.117. The predicted octanol–water partition coefficient (Wildman–Crippen LogP) is 3.40. The minimum absolute atomic E-state index is 0.190. The molecule has 0 unspecified atom stereocenters. The second-order valence-electron chi connectivity index (χ2n) is 5.89. The molecule has 5 nitrogen and oxygen atoms in total. The van der Waals surface area contributed by atoms with Crippen LogP contribution >= 0.6 is 23.2 Å². The molecule has 0 aliphatic rings. The van der Waals surface area contributed by atoms with E-state index in [4.69, 9.17) is 39.4 Å². The monoisotopic (exact) mass is 395 g/mol. The lowest BCUT2D eigenvalue weighted by Gasteiger charge is -2.14. The Morgan fingerprint density at radius 3 is 2.54 bits per heavy atom. The van der Waals surface area contributed by atoms with Gasteiger partial charge in [0, 0.05) is 13.1 Å². The van der Waals surface area contributed by atoms with Crippen molar-refractivity contribution in [2.75, 3.05) is 25.0 Å². The summed E-state index contributed by atoms with van der Waals surface area (Å²) >= 11 is 12.0. The zero-order valence-electron chi connectivity index (χ0n) is 14.4. The predicted molar refractivity (Wildman–Crippen MR) is 107 cm³/mol. The van der Waals surface area contributed by atoms with Gasteiger partial charge in [0.15, 0.2) is 0 Å². The maximum absolute atomic E-state index is 11.1. The van der Waals surface area contributed by atoms with Crippen LogP contribution in [-0.2, 0) is 17.6 Å². The highest BCUT2D eigenvalue weighted by atomic mass is 35.5. The van der Waals surface area contributed by atoms with Gasteiger partial charge in [0.05, 0.1) is 22.2 Å². The zero-order valence-corrected chi connectivity index (χ0v) is 15.9. The number of ether oxygens (including phenoxy) is 1. The average Bonchev–Trinajstić information content (AvgIpc) is 2.60. The van der Waals surface area contributed by atoms with Crippen LogP contribution in [0.15, 0.2) is 36.4 Å². The molecule has 0 aliphatic heterocycles. The first kappa shape index (κ1) is 20.4. The van der Waals surface area contributed by atoms with Gasteiger partial charge in [-0.25, -0.2) is 0 Å². The van der Waals surface area contributed by atoms with E-state index in [1.165, 1.54) is 0 Å². The highest BCUT2D eigenvalue weighted by molar-refractivity contribution is 6.42. The molecule has 2 rings (SSSR count). The molecule has 0 saturated carbocycles. The molecular weight excluding hydrogens is 373 g/mol. The maximum Gasteiger partial charge on any atom is 0.221 e. The van der Waals surface area contributed by atoms with Gasteiger partial charge in [-0.15, -0.1) is 0 Å². The molecule has 7 heteroatoms. The first-order chi connectivity index (χ1) is 12.5. The van der Waals surface area contributed by atoms with Crippen LogP contribution < -0.4 is 21.5 Å². The third kappa shape index (κ3) is 6.41. The van der Waals surface area contributed by atoms with Gasteiger partial charge in [-0.05, 0) is 48.2 Å². The van der Waals surface area contributed by atoms with Gasteiger partial charge in [0.1, 0.15) is 12.4 Å². The summed E-state index contributed by atoms with van der Waals surface area (Å²) in [5, 5.41) is 4.48. The molecule has 0 fully saturated rings. The summed E-state index contributed by atoms with van der Waals surface area (Å²) in [6.07, 6.45) is 1.95. The van der Waals surface area contributed by atoms with E-state index in [1.807, 2.05) is 30.3 Å². The number of halogens is 2. The van der Waals surface area contributed by atoms with Gasteiger partial charge in [0.2, 0.25) is 5.91 Å². The topological polar surface area (TPSA) is 90.4 Å². The lowest BCUT2D eigenvalue weighted by Crippen LogP contribution is -2.15. The molecule has 0 spiro atoms. The fourth-order valence-corrected chi connectivity index (χ4v) is 2.85. The number of anilines is 1. The molecule has 0 radical (unpaired) electrons. The van der Waals surface area contributed by atoms with E-state index >= 15 is 0 Å². The number of rotatable bonds is 10. The fraction of sp³-hybridized carbons (Fsp3) is 0.316. The van der Waals surface area contributed by atoms with Crippen LogP contribution in [0.4, 0.5) is 5.69 Å². The van der Waals surface area contributed by atoms with Crippen molar-refractivity contribution < 1.29 is 9.53 Å². The molecular formula is C19H23Cl2N3O2. The first-order valence-electron chi connectivity index (χ1n) is 8.41. The molecule has 26 heavy (non-hydrogen) atoms. The van der Waals surface area contributed by atoms with Gasteiger partial charge in [-0.1, -0.05) is 35.3 Å². The van der Waals surface area contributed by atoms with Crippen molar-refractivity contribution in [2.24, 2.45) is 11.5 Å². The Labute approximate surface area is 163 Å². The van der Waals surface area contributed by atoms with Crippen molar-refractivity contribution in [3.8, 4) is 5.75 Å². The Kier molecular flexibility index (Phi) is 8.04. The summed E-state index contributed by atoms with van der Waals surface area (Å²) in [5.74, 6) is 0.337. The summed E-state index contributed by atoms with van der Waals surface area (Å²) in [5.41, 5.74) is 13.6. The number of primary amides is 1. The Hall–Kier alpha value is -1.95. The van der Waals surface area contributed by atoms with Gasteiger partial charge < -0.3 is 21.5 Å². The van der Waals surface area contributed by atoms with Crippen LogP contribution in [0.3, 0.4) is 0 Å². The molecule has 0 atom stereocenters. The second-order valence-corrected chi connectivity index (χ2v) is 6.70. The Morgan fingerprint density at radius 2 is 1.85 bits per heavy atom. The van der Waals surface area contributed by atoms with E-state index in [0.717, 1.165) is 36.2 Å². The number of nitrogens with two attached hydrogens (primary N) is 2. The van der Waals surface area contributed by atoms with E-state index in [9.17, 15) is 4.79 Å². The van der Waals surface area contributed by atoms with Gasteiger partial charge in [-0.3, -0.25) is 4.79 Å². The Morgan fingerprint density at radius 1 is 1.08 bits per heavy atom. The SMILES string of the molecule is NCCOc1ccc(CC(N)=O)cc1NCCCc1ccc(Cl)c(Cl)c1. The summed E-state index contributed by atoms with van der Waals surface area (Å²) < 4.78 is 5.65. The van der Waals surface area contributed by atoms with E-state index < -0.39 is 0 Å². The van der Waals surface area contributed by atoms with Crippen molar-refractivity contribution in [1.82, 2.24) is 0 Å². The standard InChI is InChI=1S/C19H23Cl2N3O2/c20-15-5-3-13(10-16(15)21)2-1-8-24-17-11-14(12-19(23)25)4-6-18(17)26-9-7-22/h3-6,10-11,24H,1-2,7-9,12,22H2,(H2,23,25). The van der Waals surface area contributed by atoms with Gasteiger partial charge in [0.25, 0.3) is 0 Å². The van der Waals surface area contributed by atoms with Gasteiger partial charge in [-0.2, -0.15) is 0 Å². The van der Waals surface area contributed by atoms with Crippen molar-refractivity contribution >= 4 is 34.8 Å². The number of benzene rings is 2. The average molecular weight is 396 g/mol. The molecule has 0 heterocycles. The van der Waals surface area contributed by atoms with E-state index in [1.54, 1.807) is 6.07 Å². The van der Waals surface area contributed by atoms with Crippen LogP contribution in [0, 0.1) is 0 Å². The minimum Gasteiger partial charge on any atom is -0.490 e. The normalized spacial score (nSPS) is 10.6. The van der Waals surface area contributed by atoms with Crippen molar-refractivity contribution in [3.05, 3.63) is 57.6 Å². The van der Waals surface area contributed by atoms with Crippen molar-refractivity contribution in [1.29, 1.82) is 0 Å². The highest BCUT2D eigenvalue weighted by Gasteiger charge is 2.07. The summed E-state index contributed by atoms with van der Waals surface area (Å²) in [4.78, 5) is 11.1. The molecule has 1 amide bonds. The van der Waals surface area contributed by atoms with Crippen molar-refractivity contribution in [3.63, 3.8) is 0 Å². The molecule has 0 aliphatic carbocycles. The van der Waals surface area contributed by atoms with Crippen LogP contribution in [0.2, 0.25) is 10.0 Å². The second kappa shape index (κ2) is 10.3. The molecule has 2 aromatic carbocycles. The van der Waals surface area contributed by atoms with E-state index in [0.29, 0.717) is 28.9 Å². The number of amides is 1. The number of hydrogen-bond acceptors (Lipinski definition) is 4. The fourth-order valence-electron chi connectivity index (χ4n) is 2.53. The largest absolute Gasteiger partial charge is 0.490 e. The van der Waals surface area contributed by atoms with Crippen molar-refractivity contribution in [2.45, 2.75) is 19.3 Å². The summed E-state index contributed by atoms with van der Waals surface area (Å²) in [6.45, 7) is 1.59. The Bertz CT molecular complexity index is 754. The molecule has 0 saturated heterocycles. The molecule has 5 N–H and O–H groups in total. The smallest absolute Gasteiger partial charge is 0.221 e. The number of aryl methyl sites for hydroxylation is 1. The number of hydrogen-bond donors (Lipinski definition) is 3.